The van der Waals surface area contributed by atoms with Crippen molar-refractivity contribution in [2.45, 2.75) is 73.0 Å². The molecule has 0 bridgehead atoms. The molecule has 1 aromatic heterocycles. The van der Waals surface area contributed by atoms with Crippen LogP contribution in [0.4, 0.5) is 4.79 Å². The lowest BCUT2D eigenvalue weighted by Gasteiger charge is -2.28. The zero-order valence-corrected chi connectivity index (χ0v) is 22.9. The number of carbonyl (C=O) groups is 1. The first-order chi connectivity index (χ1) is 13.5. The molecule has 1 rings (SSSR count). The van der Waals surface area contributed by atoms with E-state index in [0.29, 0.717) is 12.5 Å². The van der Waals surface area contributed by atoms with Gasteiger partial charge in [-0.1, -0.05) is 13.8 Å². The minimum absolute atomic E-state index is 0. The summed E-state index contributed by atoms with van der Waals surface area (Å²) in [5, 5.41) is 9.54. The van der Waals surface area contributed by atoms with Gasteiger partial charge in [0, 0.05) is 44.5 Å². The Kier molecular flexibility index (Phi) is 13.5. The fourth-order valence-corrected chi connectivity index (χ4v) is 3.39. The fraction of sp³-hybridized carbons (Fsp3) is 0.762. The molecule has 0 radical (unpaired) electrons. The number of ether oxygens (including phenoxy) is 1. The Labute approximate surface area is 203 Å². The normalized spacial score (nSPS) is 12.9. The molecule has 1 unspecified atom stereocenters. The molecule has 0 saturated heterocycles. The molecule has 1 amide bonds. The van der Waals surface area contributed by atoms with Gasteiger partial charge in [-0.15, -0.1) is 35.3 Å². The first kappa shape index (κ1) is 28.9. The minimum atomic E-state index is -0.497. The van der Waals surface area contributed by atoms with Gasteiger partial charge in [0.15, 0.2) is 5.96 Å². The number of guanidine groups is 1. The standard InChI is InChI=1S/C21H39N5O2S.HI/c1-9-22-19(23-12-10-17-14-29-16(4)24-17)26(8)13-11-18(15(2)3)25-20(27)28-21(5,6)7;/h14-15,18H,9-13H2,1-8H3,(H,22,23)(H,25,27);1H. The molecular weight excluding hydrogens is 513 g/mol. The number of hydrogen-bond donors (Lipinski definition) is 2. The summed E-state index contributed by atoms with van der Waals surface area (Å²) in [4.78, 5) is 23.5. The maximum Gasteiger partial charge on any atom is 0.407 e. The molecule has 1 heterocycles. The number of rotatable bonds is 9. The van der Waals surface area contributed by atoms with Crippen molar-refractivity contribution in [1.82, 2.24) is 20.5 Å². The van der Waals surface area contributed by atoms with Crippen LogP contribution in [0.3, 0.4) is 0 Å². The average Bonchev–Trinajstić information content (AvgIpc) is 3.01. The van der Waals surface area contributed by atoms with E-state index in [1.165, 1.54) is 0 Å². The molecule has 174 valence electrons. The molecule has 0 aliphatic carbocycles. The smallest absolute Gasteiger partial charge is 0.407 e. The lowest BCUT2D eigenvalue weighted by atomic mass is 10.0. The number of aromatic nitrogens is 1. The minimum Gasteiger partial charge on any atom is -0.444 e. The maximum absolute atomic E-state index is 12.1. The number of alkyl carbamates (subject to hydrolysis) is 1. The predicted octanol–water partition coefficient (Wildman–Crippen LogP) is 4.45. The number of amides is 1. The number of nitrogens with one attached hydrogen (secondary N) is 2. The fourth-order valence-electron chi connectivity index (χ4n) is 2.74. The van der Waals surface area contributed by atoms with Crippen LogP contribution in [0.15, 0.2) is 10.4 Å². The van der Waals surface area contributed by atoms with Crippen molar-refractivity contribution in [3.63, 3.8) is 0 Å². The molecule has 0 aromatic carbocycles. The Morgan fingerprint density at radius 1 is 1.37 bits per heavy atom. The largest absolute Gasteiger partial charge is 0.444 e. The summed E-state index contributed by atoms with van der Waals surface area (Å²) in [5.74, 6) is 1.18. The Bertz CT molecular complexity index is 658. The number of thiazole rings is 1. The monoisotopic (exact) mass is 553 g/mol. The van der Waals surface area contributed by atoms with E-state index in [-0.39, 0.29) is 36.1 Å². The van der Waals surface area contributed by atoms with Crippen molar-refractivity contribution in [3.05, 3.63) is 16.1 Å². The van der Waals surface area contributed by atoms with Gasteiger partial charge in [0.1, 0.15) is 5.60 Å². The van der Waals surface area contributed by atoms with Gasteiger partial charge in [0.05, 0.1) is 10.7 Å². The van der Waals surface area contributed by atoms with E-state index in [4.69, 9.17) is 9.73 Å². The third kappa shape index (κ3) is 11.9. The first-order valence-corrected chi connectivity index (χ1v) is 11.3. The number of nitrogens with zero attached hydrogens (tertiary/aromatic N) is 3. The summed E-state index contributed by atoms with van der Waals surface area (Å²) in [5.41, 5.74) is 0.597. The predicted molar refractivity (Wildman–Crippen MR) is 137 cm³/mol. The van der Waals surface area contributed by atoms with E-state index in [9.17, 15) is 4.79 Å². The van der Waals surface area contributed by atoms with Crippen LogP contribution < -0.4 is 10.6 Å². The lowest BCUT2D eigenvalue weighted by molar-refractivity contribution is 0.0486. The molecule has 0 aliphatic rings. The molecule has 0 fully saturated rings. The van der Waals surface area contributed by atoms with Crippen molar-refractivity contribution >= 4 is 47.4 Å². The van der Waals surface area contributed by atoms with E-state index >= 15 is 0 Å². The second-order valence-electron chi connectivity index (χ2n) is 8.55. The Balaban J connectivity index is 0.00000841. The summed E-state index contributed by atoms with van der Waals surface area (Å²) < 4.78 is 5.40. The zero-order valence-electron chi connectivity index (χ0n) is 19.7. The summed E-state index contributed by atoms with van der Waals surface area (Å²) in [6.07, 6.45) is 1.28. The molecule has 0 saturated carbocycles. The first-order valence-electron chi connectivity index (χ1n) is 10.4. The van der Waals surface area contributed by atoms with Gasteiger partial charge in [-0.05, 0) is 47.0 Å². The summed E-state index contributed by atoms with van der Waals surface area (Å²) in [7, 11) is 2.03. The third-order valence-electron chi connectivity index (χ3n) is 4.27. The van der Waals surface area contributed by atoms with E-state index in [0.717, 1.165) is 42.6 Å². The molecule has 0 aliphatic heterocycles. The molecular formula is C21H40IN5O2S. The molecule has 1 atom stereocenters. The van der Waals surface area contributed by atoms with Crippen LogP contribution in [0.1, 0.15) is 58.7 Å². The van der Waals surface area contributed by atoms with Crippen LogP contribution in [0.25, 0.3) is 0 Å². The van der Waals surface area contributed by atoms with Crippen LogP contribution >= 0.6 is 35.3 Å². The molecule has 7 nitrogen and oxygen atoms in total. The van der Waals surface area contributed by atoms with Crippen molar-refractivity contribution in [2.75, 3.05) is 26.7 Å². The van der Waals surface area contributed by atoms with Gasteiger partial charge in [0.2, 0.25) is 0 Å². The van der Waals surface area contributed by atoms with Crippen LogP contribution in [0.5, 0.6) is 0 Å². The van der Waals surface area contributed by atoms with Gasteiger partial charge in [0.25, 0.3) is 0 Å². The van der Waals surface area contributed by atoms with Crippen LogP contribution in [0, 0.1) is 12.8 Å². The number of hydrogen-bond acceptors (Lipinski definition) is 5. The molecule has 0 spiro atoms. The molecule has 1 aromatic rings. The number of aryl methyl sites for hydroxylation is 1. The quantitative estimate of drug-likeness (QED) is 0.269. The SMILES string of the molecule is CCNC(=NCCc1csc(C)n1)N(C)CCC(NC(=O)OC(C)(C)C)C(C)C.I. The highest BCUT2D eigenvalue weighted by atomic mass is 127. The number of carbonyl (C=O) groups excluding carboxylic acids is 1. The molecule has 2 N–H and O–H groups in total. The van der Waals surface area contributed by atoms with E-state index in [1.54, 1.807) is 11.3 Å². The third-order valence-corrected chi connectivity index (χ3v) is 5.10. The second-order valence-corrected chi connectivity index (χ2v) is 9.61. The maximum atomic E-state index is 12.1. The van der Waals surface area contributed by atoms with Crippen molar-refractivity contribution in [3.8, 4) is 0 Å². The number of aliphatic imine (C=N–C) groups is 1. The van der Waals surface area contributed by atoms with E-state index in [2.05, 4.69) is 46.7 Å². The van der Waals surface area contributed by atoms with Crippen LogP contribution in [-0.4, -0.2) is 60.3 Å². The average molecular weight is 554 g/mol. The van der Waals surface area contributed by atoms with Gasteiger partial charge in [-0.3, -0.25) is 4.99 Å². The van der Waals surface area contributed by atoms with Gasteiger partial charge >= 0.3 is 6.09 Å². The highest BCUT2D eigenvalue weighted by molar-refractivity contribution is 14.0. The van der Waals surface area contributed by atoms with Crippen LogP contribution in [-0.2, 0) is 11.2 Å². The van der Waals surface area contributed by atoms with E-state index < -0.39 is 5.60 Å². The summed E-state index contributed by atoms with van der Waals surface area (Å²) in [6.45, 7) is 16.2. The van der Waals surface area contributed by atoms with Gasteiger partial charge < -0.3 is 20.3 Å². The van der Waals surface area contributed by atoms with Crippen molar-refractivity contribution in [2.24, 2.45) is 10.9 Å². The highest BCUT2D eigenvalue weighted by Gasteiger charge is 2.22. The Morgan fingerprint density at radius 2 is 2.03 bits per heavy atom. The highest BCUT2D eigenvalue weighted by Crippen LogP contribution is 2.11. The lowest BCUT2D eigenvalue weighted by Crippen LogP contribution is -2.45. The van der Waals surface area contributed by atoms with Gasteiger partial charge in [-0.2, -0.15) is 0 Å². The summed E-state index contributed by atoms with van der Waals surface area (Å²) >= 11 is 1.67. The van der Waals surface area contributed by atoms with Crippen molar-refractivity contribution in [1.29, 1.82) is 0 Å². The Hall–Kier alpha value is -1.10. The van der Waals surface area contributed by atoms with Crippen molar-refractivity contribution < 1.29 is 9.53 Å². The second kappa shape index (κ2) is 14.1. The van der Waals surface area contributed by atoms with Gasteiger partial charge in [-0.25, -0.2) is 9.78 Å². The van der Waals surface area contributed by atoms with E-state index in [1.807, 2.05) is 34.7 Å². The molecule has 9 heteroatoms. The number of halogens is 1. The summed E-state index contributed by atoms with van der Waals surface area (Å²) in [6, 6.07) is 0.0353. The topological polar surface area (TPSA) is 78.9 Å². The zero-order chi connectivity index (χ0) is 22.0. The molecule has 30 heavy (non-hydrogen) atoms. The Morgan fingerprint density at radius 3 is 2.53 bits per heavy atom. The van der Waals surface area contributed by atoms with Crippen LogP contribution in [0.2, 0.25) is 0 Å².